The van der Waals surface area contributed by atoms with Crippen molar-refractivity contribution in [3.8, 4) is 0 Å². The minimum Gasteiger partial charge on any atom is -0.501 e. The van der Waals surface area contributed by atoms with Crippen LogP contribution in [0, 0.1) is 0 Å². The van der Waals surface area contributed by atoms with Crippen LogP contribution in [-0.2, 0) is 4.74 Å². The van der Waals surface area contributed by atoms with Gasteiger partial charge < -0.3 is 4.74 Å². The number of rotatable bonds is 0. The van der Waals surface area contributed by atoms with Crippen LogP contribution in [0.3, 0.4) is 0 Å². The van der Waals surface area contributed by atoms with Gasteiger partial charge in [-0.15, -0.1) is 0 Å². The fourth-order valence-corrected chi connectivity index (χ4v) is 0.295. The standard InChI is InChI=1S/C4H6O/c1-2-4-5-3-1/h1,3H,2,4H2/i3D. The van der Waals surface area contributed by atoms with E-state index >= 15 is 0 Å². The summed E-state index contributed by atoms with van der Waals surface area (Å²) in [5, 5.41) is 0. The van der Waals surface area contributed by atoms with Crippen molar-refractivity contribution < 1.29 is 6.11 Å². The smallest absolute Gasteiger partial charge is 0.103 e. The van der Waals surface area contributed by atoms with Gasteiger partial charge in [0.1, 0.15) is 1.37 Å². The predicted molar refractivity (Wildman–Crippen MR) is 19.7 cm³/mol. The molecule has 1 aliphatic rings. The second-order valence-corrected chi connectivity index (χ2v) is 0.959. The first-order chi connectivity index (χ1) is 2.89. The van der Waals surface area contributed by atoms with Gasteiger partial charge in [-0.1, -0.05) is 0 Å². The molecule has 0 fully saturated rings. The molecule has 0 atom stereocenters. The van der Waals surface area contributed by atoms with Gasteiger partial charge in [0.15, 0.2) is 0 Å². The Kier molecular flexibility index (Phi) is 0.411. The van der Waals surface area contributed by atoms with Crippen molar-refractivity contribution in [1.82, 2.24) is 0 Å². The molecule has 0 spiro atoms. The molecule has 0 aromatic carbocycles. The van der Waals surface area contributed by atoms with Crippen molar-refractivity contribution in [1.29, 1.82) is 0 Å². The second-order valence-electron chi connectivity index (χ2n) is 0.959. The third-order valence-corrected chi connectivity index (χ3v) is 0.531. The van der Waals surface area contributed by atoms with Crippen molar-refractivity contribution in [3.63, 3.8) is 0 Å². The molecule has 0 saturated heterocycles. The maximum Gasteiger partial charge on any atom is 0.103 e. The van der Waals surface area contributed by atoms with Crippen LogP contribution in [0.15, 0.2) is 12.3 Å². The lowest BCUT2D eigenvalue weighted by Gasteiger charge is -1.79. The van der Waals surface area contributed by atoms with E-state index in [1.165, 1.54) is 0 Å². The Morgan fingerprint density at radius 3 is 3.20 bits per heavy atom. The molecule has 0 aromatic rings. The highest BCUT2D eigenvalue weighted by atomic mass is 16.5. The molecule has 0 aromatic heterocycles. The Morgan fingerprint density at radius 2 is 3.00 bits per heavy atom. The average molecular weight is 71.1 g/mol. The molecule has 0 amide bonds. The van der Waals surface area contributed by atoms with Gasteiger partial charge in [-0.05, 0) is 6.08 Å². The molecule has 5 heavy (non-hydrogen) atoms. The van der Waals surface area contributed by atoms with Crippen LogP contribution in [0.1, 0.15) is 7.79 Å². The van der Waals surface area contributed by atoms with E-state index in [-0.39, 0.29) is 0 Å². The van der Waals surface area contributed by atoms with E-state index in [2.05, 4.69) is 4.74 Å². The van der Waals surface area contributed by atoms with E-state index in [1.807, 2.05) is 0 Å². The summed E-state index contributed by atoms with van der Waals surface area (Å²) >= 11 is 0. The number of hydrogen-bond donors (Lipinski definition) is 0. The summed E-state index contributed by atoms with van der Waals surface area (Å²) in [7, 11) is 0. The molecule has 0 N–H and O–H groups in total. The highest BCUT2D eigenvalue weighted by molar-refractivity contribution is 4.78. The SMILES string of the molecule is [2H]C1=CCCO1. The number of hydrogen-bond acceptors (Lipinski definition) is 1. The van der Waals surface area contributed by atoms with Crippen LogP contribution >= 0.6 is 0 Å². The van der Waals surface area contributed by atoms with Crippen molar-refractivity contribution in [2.24, 2.45) is 0 Å². The van der Waals surface area contributed by atoms with Crippen molar-refractivity contribution in [3.05, 3.63) is 12.3 Å². The molecule has 0 radical (unpaired) electrons. The zero-order valence-corrected chi connectivity index (χ0v) is 2.90. The van der Waals surface area contributed by atoms with Crippen molar-refractivity contribution in [2.75, 3.05) is 6.61 Å². The third-order valence-electron chi connectivity index (χ3n) is 0.531. The Bertz CT molecular complexity index is 77.6. The summed E-state index contributed by atoms with van der Waals surface area (Å²) in [6.45, 7) is 0.707. The van der Waals surface area contributed by atoms with Gasteiger partial charge in [0.25, 0.3) is 0 Å². The van der Waals surface area contributed by atoms with Crippen LogP contribution in [0.5, 0.6) is 0 Å². The Balaban J connectivity index is 2.45. The number of ether oxygens (including phenoxy) is 1. The Hall–Kier alpha value is -0.460. The first-order valence-corrected chi connectivity index (χ1v) is 1.69. The van der Waals surface area contributed by atoms with E-state index in [0.717, 1.165) is 6.42 Å². The highest BCUT2D eigenvalue weighted by Gasteiger charge is 1.83. The van der Waals surface area contributed by atoms with E-state index in [4.69, 9.17) is 1.37 Å². The molecule has 28 valence electrons. The van der Waals surface area contributed by atoms with Crippen LogP contribution in [-0.4, -0.2) is 6.61 Å². The zero-order valence-electron chi connectivity index (χ0n) is 3.90. The van der Waals surface area contributed by atoms with Crippen molar-refractivity contribution >= 4 is 0 Å². The summed E-state index contributed by atoms with van der Waals surface area (Å²) in [4.78, 5) is 0. The Morgan fingerprint density at radius 1 is 2.00 bits per heavy atom. The molecule has 0 bridgehead atoms. The summed E-state index contributed by atoms with van der Waals surface area (Å²) in [6, 6.07) is 0. The van der Waals surface area contributed by atoms with E-state index in [0.29, 0.717) is 12.8 Å². The molecular weight excluding hydrogens is 64.0 g/mol. The largest absolute Gasteiger partial charge is 0.501 e. The first-order valence-electron chi connectivity index (χ1n) is 2.19. The molecule has 0 aliphatic carbocycles. The predicted octanol–water partition coefficient (Wildman–Crippen LogP) is 0.920. The van der Waals surface area contributed by atoms with E-state index in [9.17, 15) is 0 Å². The van der Waals surface area contributed by atoms with Gasteiger partial charge >= 0.3 is 0 Å². The summed E-state index contributed by atoms with van der Waals surface area (Å²) in [6.07, 6.45) is 3.01. The van der Waals surface area contributed by atoms with Gasteiger partial charge in [0.2, 0.25) is 0 Å². The minimum absolute atomic E-state index is 0.329. The third kappa shape index (κ3) is 0.407. The molecule has 0 unspecified atom stereocenters. The quantitative estimate of drug-likeness (QED) is 0.412. The van der Waals surface area contributed by atoms with Gasteiger partial charge in [-0.25, -0.2) is 0 Å². The van der Waals surface area contributed by atoms with Gasteiger partial charge in [-0.3, -0.25) is 0 Å². The molecule has 1 rings (SSSR count). The van der Waals surface area contributed by atoms with Gasteiger partial charge in [0, 0.05) is 6.42 Å². The second kappa shape index (κ2) is 1.11. The molecular formula is C4H6O. The summed E-state index contributed by atoms with van der Waals surface area (Å²) in [5.41, 5.74) is 0. The fraction of sp³-hybridized carbons (Fsp3) is 0.500. The van der Waals surface area contributed by atoms with Crippen LogP contribution in [0.25, 0.3) is 0 Å². The lowest BCUT2D eigenvalue weighted by atomic mass is 10.5. The molecule has 1 heterocycles. The summed E-state index contributed by atoms with van der Waals surface area (Å²) < 4.78 is 11.5. The molecule has 0 saturated carbocycles. The van der Waals surface area contributed by atoms with Crippen LogP contribution < -0.4 is 0 Å². The normalized spacial score (nSPS) is 24.0. The molecule has 1 nitrogen and oxygen atoms in total. The van der Waals surface area contributed by atoms with Gasteiger partial charge in [-0.2, -0.15) is 0 Å². The average Bonchev–Trinajstić information content (AvgIpc) is 1.86. The summed E-state index contributed by atoms with van der Waals surface area (Å²) in [5.74, 6) is 0. The lowest BCUT2D eigenvalue weighted by Crippen LogP contribution is -1.70. The Labute approximate surface area is 32.7 Å². The van der Waals surface area contributed by atoms with Gasteiger partial charge in [0.05, 0.1) is 12.8 Å². The van der Waals surface area contributed by atoms with Crippen molar-refractivity contribution in [2.45, 2.75) is 6.42 Å². The molecule has 1 heteroatoms. The maximum absolute atomic E-state index is 6.77. The van der Waals surface area contributed by atoms with E-state index in [1.54, 1.807) is 6.08 Å². The van der Waals surface area contributed by atoms with E-state index < -0.39 is 0 Å². The van der Waals surface area contributed by atoms with Crippen LogP contribution in [0.2, 0.25) is 0 Å². The first kappa shape index (κ1) is 1.85. The zero-order chi connectivity index (χ0) is 4.41. The van der Waals surface area contributed by atoms with Crippen LogP contribution in [0.4, 0.5) is 0 Å². The topological polar surface area (TPSA) is 9.23 Å². The maximum atomic E-state index is 6.77. The molecule has 1 aliphatic heterocycles. The highest BCUT2D eigenvalue weighted by Crippen LogP contribution is 1.93. The lowest BCUT2D eigenvalue weighted by molar-refractivity contribution is 0.281. The fourth-order valence-electron chi connectivity index (χ4n) is 0.295. The minimum atomic E-state index is 0.329. The monoisotopic (exact) mass is 71.0 g/mol.